The summed E-state index contributed by atoms with van der Waals surface area (Å²) in [6, 6.07) is 7.20. The van der Waals surface area contributed by atoms with Crippen LogP contribution in [0, 0.1) is 6.92 Å². The van der Waals surface area contributed by atoms with Gasteiger partial charge in [-0.25, -0.2) is 8.42 Å². The first kappa shape index (κ1) is 14.8. The zero-order chi connectivity index (χ0) is 15.1. The number of hydrogen-bond donors (Lipinski definition) is 0. The Morgan fingerprint density at radius 1 is 1.14 bits per heavy atom. The lowest BCUT2D eigenvalue weighted by Gasteiger charge is -2.41. The normalized spacial score (nSPS) is 27.4. The van der Waals surface area contributed by atoms with Gasteiger partial charge >= 0.3 is 0 Å². The monoisotopic (exact) mass is 305 g/mol. The van der Waals surface area contributed by atoms with Crippen LogP contribution in [-0.4, -0.2) is 24.8 Å². The Bertz CT molecular complexity index is 648. The maximum absolute atomic E-state index is 13.0. The number of rotatable bonds is 2. The van der Waals surface area contributed by atoms with Gasteiger partial charge in [0.2, 0.25) is 10.0 Å². The van der Waals surface area contributed by atoms with Crippen LogP contribution in [0.5, 0.6) is 0 Å². The molecule has 3 rings (SSSR count). The molecular weight excluding hydrogens is 282 g/mol. The summed E-state index contributed by atoms with van der Waals surface area (Å²) in [6.45, 7) is 6.73. The average Bonchev–Trinajstić information content (AvgIpc) is 2.82. The van der Waals surface area contributed by atoms with Gasteiger partial charge in [0.05, 0.1) is 4.90 Å². The minimum atomic E-state index is -3.39. The molecule has 1 heterocycles. The molecule has 3 nitrogen and oxygen atoms in total. The molecular formula is C17H23NO2S. The molecule has 114 valence electrons. The van der Waals surface area contributed by atoms with Crippen molar-refractivity contribution in [3.8, 4) is 0 Å². The van der Waals surface area contributed by atoms with Gasteiger partial charge in [0.25, 0.3) is 0 Å². The van der Waals surface area contributed by atoms with Gasteiger partial charge in [-0.05, 0) is 57.6 Å². The lowest BCUT2D eigenvalue weighted by Crippen LogP contribution is -2.48. The second-order valence-corrected chi connectivity index (χ2v) is 8.36. The second-order valence-electron chi connectivity index (χ2n) is 6.50. The van der Waals surface area contributed by atoms with E-state index in [2.05, 4.69) is 6.58 Å². The Hall–Kier alpha value is -1.13. The molecule has 2 fully saturated rings. The van der Waals surface area contributed by atoms with Crippen molar-refractivity contribution < 1.29 is 8.42 Å². The van der Waals surface area contributed by atoms with Gasteiger partial charge in [0, 0.05) is 12.1 Å². The van der Waals surface area contributed by atoms with Crippen LogP contribution in [0.2, 0.25) is 0 Å². The fraction of sp³-hybridized carbons (Fsp3) is 0.529. The molecule has 0 bridgehead atoms. The van der Waals surface area contributed by atoms with Crippen LogP contribution in [0.25, 0.3) is 0 Å². The summed E-state index contributed by atoms with van der Waals surface area (Å²) in [7, 11) is -3.39. The van der Waals surface area contributed by atoms with Gasteiger partial charge in [0.15, 0.2) is 0 Å². The third kappa shape index (κ3) is 2.55. The largest absolute Gasteiger partial charge is 0.243 e. The zero-order valence-corrected chi connectivity index (χ0v) is 13.5. The standard InChI is InChI=1S/C17H23NO2S/c1-14-6-8-16(9-7-14)21(19,20)18-12-4-11-17(18)10-3-5-15(2)13-17/h6-9H,2-5,10-13H2,1H3. The van der Waals surface area contributed by atoms with Crippen LogP contribution >= 0.6 is 0 Å². The van der Waals surface area contributed by atoms with E-state index < -0.39 is 10.0 Å². The van der Waals surface area contributed by atoms with Crippen molar-refractivity contribution in [3.05, 3.63) is 42.0 Å². The molecule has 0 radical (unpaired) electrons. The first-order chi connectivity index (χ1) is 9.94. The number of aryl methyl sites for hydroxylation is 1. The molecule has 1 aliphatic carbocycles. The first-order valence-corrected chi connectivity index (χ1v) is 9.14. The number of benzene rings is 1. The van der Waals surface area contributed by atoms with Gasteiger partial charge < -0.3 is 0 Å². The minimum Gasteiger partial charge on any atom is -0.207 e. The molecule has 4 heteroatoms. The van der Waals surface area contributed by atoms with Gasteiger partial charge in [-0.2, -0.15) is 4.31 Å². The molecule has 0 N–H and O–H groups in total. The van der Waals surface area contributed by atoms with Gasteiger partial charge in [0.1, 0.15) is 0 Å². The van der Waals surface area contributed by atoms with Gasteiger partial charge in [-0.1, -0.05) is 29.8 Å². The highest BCUT2D eigenvalue weighted by molar-refractivity contribution is 7.89. The Labute approximate surface area is 127 Å². The number of hydrogen-bond acceptors (Lipinski definition) is 2. The molecule has 1 aliphatic heterocycles. The fourth-order valence-corrected chi connectivity index (χ4v) is 5.72. The lowest BCUT2D eigenvalue weighted by atomic mass is 9.78. The van der Waals surface area contributed by atoms with Crippen molar-refractivity contribution in [2.75, 3.05) is 6.54 Å². The highest BCUT2D eigenvalue weighted by Gasteiger charge is 2.48. The summed E-state index contributed by atoms with van der Waals surface area (Å²) in [5.41, 5.74) is 2.07. The van der Waals surface area contributed by atoms with Crippen molar-refractivity contribution in [3.63, 3.8) is 0 Å². The summed E-state index contributed by atoms with van der Waals surface area (Å²) in [6.07, 6.45) is 5.82. The summed E-state index contributed by atoms with van der Waals surface area (Å²) >= 11 is 0. The highest BCUT2D eigenvalue weighted by Crippen LogP contribution is 2.45. The number of nitrogens with zero attached hydrogens (tertiary/aromatic N) is 1. The van der Waals surface area contributed by atoms with E-state index in [1.165, 1.54) is 5.57 Å². The molecule has 0 amide bonds. The van der Waals surface area contributed by atoms with Gasteiger partial charge in [-0.3, -0.25) is 0 Å². The molecule has 0 aromatic heterocycles. The Balaban J connectivity index is 1.97. The summed E-state index contributed by atoms with van der Waals surface area (Å²) in [5, 5.41) is 0. The summed E-state index contributed by atoms with van der Waals surface area (Å²) in [5.74, 6) is 0. The van der Waals surface area contributed by atoms with E-state index >= 15 is 0 Å². The quantitative estimate of drug-likeness (QED) is 0.782. The molecule has 1 aromatic rings. The van der Waals surface area contributed by atoms with Crippen LogP contribution < -0.4 is 0 Å². The molecule has 1 atom stereocenters. The maximum atomic E-state index is 13.0. The third-order valence-corrected chi connectivity index (χ3v) is 6.91. The minimum absolute atomic E-state index is 0.209. The average molecular weight is 305 g/mol. The first-order valence-electron chi connectivity index (χ1n) is 7.70. The lowest BCUT2D eigenvalue weighted by molar-refractivity contribution is 0.198. The van der Waals surface area contributed by atoms with Crippen molar-refractivity contribution in [2.45, 2.75) is 55.9 Å². The molecule has 2 aliphatic rings. The zero-order valence-electron chi connectivity index (χ0n) is 12.6. The van der Waals surface area contributed by atoms with E-state index in [-0.39, 0.29) is 5.54 Å². The Kier molecular flexibility index (Phi) is 3.70. The smallest absolute Gasteiger partial charge is 0.207 e. The van der Waals surface area contributed by atoms with Crippen molar-refractivity contribution in [2.24, 2.45) is 0 Å². The molecule has 1 saturated carbocycles. The van der Waals surface area contributed by atoms with E-state index in [1.54, 1.807) is 16.4 Å². The molecule has 1 saturated heterocycles. The molecule has 1 unspecified atom stereocenters. The number of sulfonamides is 1. The van der Waals surface area contributed by atoms with Crippen molar-refractivity contribution in [1.82, 2.24) is 4.31 Å². The van der Waals surface area contributed by atoms with E-state index in [0.29, 0.717) is 11.4 Å². The van der Waals surface area contributed by atoms with Crippen LogP contribution in [0.3, 0.4) is 0 Å². The Morgan fingerprint density at radius 3 is 2.48 bits per heavy atom. The third-order valence-electron chi connectivity index (χ3n) is 4.89. The SMILES string of the molecule is C=C1CCCC2(CCCN2S(=O)(=O)c2ccc(C)cc2)C1. The highest BCUT2D eigenvalue weighted by atomic mass is 32.2. The van der Waals surface area contributed by atoms with E-state index in [1.807, 2.05) is 19.1 Å². The van der Waals surface area contributed by atoms with E-state index in [9.17, 15) is 8.42 Å². The predicted octanol–water partition coefficient (Wildman–Crippen LogP) is 3.65. The van der Waals surface area contributed by atoms with Crippen molar-refractivity contribution >= 4 is 10.0 Å². The van der Waals surface area contributed by atoms with Crippen LogP contribution in [0.15, 0.2) is 41.3 Å². The molecule has 1 spiro atoms. The van der Waals surface area contributed by atoms with Gasteiger partial charge in [-0.15, -0.1) is 0 Å². The van der Waals surface area contributed by atoms with E-state index in [0.717, 1.165) is 44.1 Å². The summed E-state index contributed by atoms with van der Waals surface area (Å²) < 4.78 is 27.8. The molecule has 1 aromatic carbocycles. The predicted molar refractivity (Wildman–Crippen MR) is 84.6 cm³/mol. The van der Waals surface area contributed by atoms with Crippen LogP contribution in [0.4, 0.5) is 0 Å². The summed E-state index contributed by atoms with van der Waals surface area (Å²) in [4.78, 5) is 0.422. The Morgan fingerprint density at radius 2 is 1.81 bits per heavy atom. The van der Waals surface area contributed by atoms with Crippen LogP contribution in [0.1, 0.15) is 44.1 Å². The van der Waals surface area contributed by atoms with Crippen LogP contribution in [-0.2, 0) is 10.0 Å². The maximum Gasteiger partial charge on any atom is 0.243 e. The topological polar surface area (TPSA) is 37.4 Å². The fourth-order valence-electron chi connectivity index (χ4n) is 3.86. The second kappa shape index (κ2) is 5.25. The molecule has 21 heavy (non-hydrogen) atoms. The van der Waals surface area contributed by atoms with Crippen molar-refractivity contribution in [1.29, 1.82) is 0 Å². The van der Waals surface area contributed by atoms with E-state index in [4.69, 9.17) is 0 Å².